The van der Waals surface area contributed by atoms with E-state index in [1.165, 1.54) is 0 Å². The van der Waals surface area contributed by atoms with Gasteiger partial charge in [0.1, 0.15) is 0 Å². The second-order valence-electron chi connectivity index (χ2n) is 3.42. The van der Waals surface area contributed by atoms with Gasteiger partial charge >= 0.3 is 17.9 Å². The number of carboxylic acid groups (broad SMARTS) is 3. The summed E-state index contributed by atoms with van der Waals surface area (Å²) in [5.41, 5.74) is 0.120. The molecule has 0 rings (SSSR count). The number of carbonyl (C=O) groups is 3. The van der Waals surface area contributed by atoms with Gasteiger partial charge in [-0.15, -0.1) is 0 Å². The Morgan fingerprint density at radius 3 is 1.52 bits per heavy atom. The molecule has 0 aliphatic carbocycles. The fourth-order valence-electron chi connectivity index (χ4n) is 0.652. The monoisotopic (exact) mass is 340 g/mol. The third-order valence-electron chi connectivity index (χ3n) is 1.51. The van der Waals surface area contributed by atoms with Gasteiger partial charge in [-0.25, -0.2) is 9.59 Å². The Bertz CT molecular complexity index is 422. The molecule has 0 amide bonds. The third-order valence-corrected chi connectivity index (χ3v) is 1.51. The average Bonchev–Trinajstić information content (AvgIpc) is 2.28. The topological polar surface area (TPSA) is 112 Å². The fourth-order valence-corrected chi connectivity index (χ4v) is 0.652. The Morgan fingerprint density at radius 1 is 1.05 bits per heavy atom. The molecule has 0 unspecified atom stereocenters. The Labute approximate surface area is 133 Å². The standard InChI is InChI=1S/C6H10O2.C5H6O4.C2H2Cl2/c1-3-4-5(2)6(7)8;1-3(5(8)9)2-4(6)7;1-2(3)4/h4H,3H2,1-2H3,(H,7,8);1-2H2,(H,6,7)(H,8,9);1H2. The zero-order chi connectivity index (χ0) is 17.6. The number of hydrogen-bond acceptors (Lipinski definition) is 3. The van der Waals surface area contributed by atoms with Gasteiger partial charge in [-0.3, -0.25) is 4.79 Å². The van der Waals surface area contributed by atoms with Crippen LogP contribution in [0.3, 0.4) is 0 Å². The minimum absolute atomic E-state index is 0.111. The van der Waals surface area contributed by atoms with Crippen molar-refractivity contribution in [2.24, 2.45) is 0 Å². The summed E-state index contributed by atoms with van der Waals surface area (Å²) in [6.07, 6.45) is 1.97. The first kappa shape index (κ1) is 24.2. The maximum Gasteiger partial charge on any atom is 0.331 e. The summed E-state index contributed by atoms with van der Waals surface area (Å²) < 4.78 is 0.111. The molecule has 0 atom stereocenters. The highest BCUT2D eigenvalue weighted by atomic mass is 35.5. The molecule has 0 heterocycles. The van der Waals surface area contributed by atoms with Gasteiger partial charge in [-0.05, 0) is 13.3 Å². The van der Waals surface area contributed by atoms with Crippen LogP contribution in [-0.2, 0) is 14.4 Å². The molecule has 0 aliphatic rings. The minimum atomic E-state index is -1.27. The normalized spacial score (nSPS) is 9.24. The number of carboxylic acids is 3. The highest BCUT2D eigenvalue weighted by Gasteiger charge is 2.07. The highest BCUT2D eigenvalue weighted by molar-refractivity contribution is 6.55. The molecule has 120 valence electrons. The molecule has 0 aromatic heterocycles. The van der Waals surface area contributed by atoms with Crippen LogP contribution in [0.2, 0.25) is 0 Å². The van der Waals surface area contributed by atoms with Gasteiger partial charge in [-0.2, -0.15) is 0 Å². The van der Waals surface area contributed by atoms with Crippen molar-refractivity contribution in [1.82, 2.24) is 0 Å². The molecule has 0 aromatic rings. The van der Waals surface area contributed by atoms with Crippen molar-refractivity contribution in [2.45, 2.75) is 26.7 Å². The molecule has 0 spiro atoms. The lowest BCUT2D eigenvalue weighted by Crippen LogP contribution is -2.04. The van der Waals surface area contributed by atoms with E-state index in [2.05, 4.69) is 13.2 Å². The molecule has 0 aromatic carbocycles. The van der Waals surface area contributed by atoms with E-state index in [-0.39, 0.29) is 10.1 Å². The lowest BCUT2D eigenvalue weighted by Gasteiger charge is -1.91. The molecule has 0 radical (unpaired) electrons. The molecule has 0 fully saturated rings. The first-order chi connectivity index (χ1) is 9.45. The van der Waals surface area contributed by atoms with Crippen molar-refractivity contribution in [3.05, 3.63) is 34.9 Å². The van der Waals surface area contributed by atoms with Gasteiger partial charge < -0.3 is 15.3 Å². The Morgan fingerprint density at radius 2 is 1.43 bits per heavy atom. The van der Waals surface area contributed by atoms with Crippen LogP contribution in [0.5, 0.6) is 0 Å². The number of halogens is 2. The molecule has 0 saturated heterocycles. The zero-order valence-corrected chi connectivity index (χ0v) is 13.2. The van der Waals surface area contributed by atoms with Gasteiger partial charge in [0.25, 0.3) is 0 Å². The molecule has 0 aliphatic heterocycles. The fraction of sp³-hybridized carbons (Fsp3) is 0.308. The molecule has 0 saturated carbocycles. The van der Waals surface area contributed by atoms with Crippen molar-refractivity contribution in [3.63, 3.8) is 0 Å². The Balaban J connectivity index is -0.000000249. The van der Waals surface area contributed by atoms with Crippen LogP contribution in [-0.4, -0.2) is 33.2 Å². The Kier molecular flexibility index (Phi) is 16.9. The van der Waals surface area contributed by atoms with E-state index in [1.807, 2.05) is 6.92 Å². The molecule has 0 bridgehead atoms. The first-order valence-corrected chi connectivity index (χ1v) is 6.24. The van der Waals surface area contributed by atoms with Crippen LogP contribution in [0.25, 0.3) is 0 Å². The van der Waals surface area contributed by atoms with Crippen LogP contribution in [0, 0.1) is 0 Å². The van der Waals surface area contributed by atoms with Gasteiger partial charge in [0.2, 0.25) is 0 Å². The maximum atomic E-state index is 10.0. The molecule has 8 heteroatoms. The van der Waals surface area contributed by atoms with Gasteiger partial charge in [0.15, 0.2) is 0 Å². The van der Waals surface area contributed by atoms with E-state index in [4.69, 9.17) is 38.5 Å². The van der Waals surface area contributed by atoms with E-state index in [0.29, 0.717) is 5.57 Å². The van der Waals surface area contributed by atoms with E-state index in [0.717, 1.165) is 6.42 Å². The van der Waals surface area contributed by atoms with E-state index in [1.54, 1.807) is 13.0 Å². The zero-order valence-electron chi connectivity index (χ0n) is 11.7. The lowest BCUT2D eigenvalue weighted by molar-refractivity contribution is -0.139. The summed E-state index contributed by atoms with van der Waals surface area (Å²) in [6, 6.07) is 0. The SMILES string of the molecule is C=C(CC(=O)O)C(=O)O.C=C(Cl)Cl.CCC=C(C)C(=O)O. The van der Waals surface area contributed by atoms with Gasteiger partial charge in [0.05, 0.1) is 10.9 Å². The van der Waals surface area contributed by atoms with E-state index in [9.17, 15) is 14.4 Å². The highest BCUT2D eigenvalue weighted by Crippen LogP contribution is 1.98. The van der Waals surface area contributed by atoms with Crippen molar-refractivity contribution >= 4 is 41.1 Å². The number of hydrogen-bond donors (Lipinski definition) is 3. The minimum Gasteiger partial charge on any atom is -0.481 e. The summed E-state index contributed by atoms with van der Waals surface area (Å²) in [7, 11) is 0. The quantitative estimate of drug-likeness (QED) is 0.660. The van der Waals surface area contributed by atoms with Crippen molar-refractivity contribution < 1.29 is 29.7 Å². The van der Waals surface area contributed by atoms with Crippen molar-refractivity contribution in [3.8, 4) is 0 Å². The second kappa shape index (κ2) is 14.6. The second-order valence-corrected chi connectivity index (χ2v) is 4.52. The summed E-state index contributed by atoms with van der Waals surface area (Å²) in [5, 5.41) is 24.3. The first-order valence-electron chi connectivity index (χ1n) is 5.48. The largest absolute Gasteiger partial charge is 0.481 e. The molecular weight excluding hydrogens is 323 g/mol. The van der Waals surface area contributed by atoms with Gasteiger partial charge in [-0.1, -0.05) is 49.4 Å². The molecular formula is C13H18Cl2O6. The average molecular weight is 341 g/mol. The van der Waals surface area contributed by atoms with E-state index >= 15 is 0 Å². The van der Waals surface area contributed by atoms with Crippen molar-refractivity contribution in [1.29, 1.82) is 0 Å². The molecule has 3 N–H and O–H groups in total. The smallest absolute Gasteiger partial charge is 0.331 e. The predicted molar refractivity (Wildman–Crippen MR) is 81.6 cm³/mol. The third kappa shape index (κ3) is 27.4. The number of rotatable bonds is 5. The van der Waals surface area contributed by atoms with Gasteiger partial charge in [0, 0.05) is 11.1 Å². The number of allylic oxidation sites excluding steroid dienone is 1. The van der Waals surface area contributed by atoms with Crippen LogP contribution >= 0.6 is 23.2 Å². The molecule has 6 nitrogen and oxygen atoms in total. The summed E-state index contributed by atoms with van der Waals surface area (Å²) in [6.45, 7) is 9.60. The molecule has 21 heavy (non-hydrogen) atoms. The lowest BCUT2D eigenvalue weighted by atomic mass is 10.2. The van der Waals surface area contributed by atoms with Crippen LogP contribution in [0.1, 0.15) is 26.7 Å². The maximum absolute atomic E-state index is 10.0. The summed E-state index contributed by atoms with van der Waals surface area (Å²) >= 11 is 9.69. The van der Waals surface area contributed by atoms with Crippen LogP contribution in [0.15, 0.2) is 34.9 Å². The van der Waals surface area contributed by atoms with E-state index < -0.39 is 24.3 Å². The van der Waals surface area contributed by atoms with Crippen LogP contribution in [0.4, 0.5) is 0 Å². The van der Waals surface area contributed by atoms with Crippen molar-refractivity contribution in [2.75, 3.05) is 0 Å². The number of aliphatic carboxylic acids is 3. The van der Waals surface area contributed by atoms with Crippen LogP contribution < -0.4 is 0 Å². The summed E-state index contributed by atoms with van der Waals surface area (Å²) in [4.78, 5) is 29.7. The summed E-state index contributed by atoms with van der Waals surface area (Å²) in [5.74, 6) is -3.27. The predicted octanol–water partition coefficient (Wildman–Crippen LogP) is 3.46. The Hall–Kier alpha value is -1.79.